The van der Waals surface area contributed by atoms with Gasteiger partial charge in [0.2, 0.25) is 5.91 Å². The van der Waals surface area contributed by atoms with Crippen molar-refractivity contribution in [2.75, 3.05) is 19.0 Å². The number of hydrogen-bond donors (Lipinski definition) is 1. The van der Waals surface area contributed by atoms with Crippen molar-refractivity contribution in [2.45, 2.75) is 26.4 Å². The number of methoxy groups -OCH3 is 1. The third-order valence-electron chi connectivity index (χ3n) is 5.86. The van der Waals surface area contributed by atoms with Crippen molar-refractivity contribution in [1.82, 2.24) is 4.90 Å². The van der Waals surface area contributed by atoms with Gasteiger partial charge in [0.15, 0.2) is 11.5 Å². The Labute approximate surface area is 230 Å². The van der Waals surface area contributed by atoms with Crippen molar-refractivity contribution in [2.24, 2.45) is 0 Å². The highest BCUT2D eigenvalue weighted by atomic mass is 35.5. The monoisotopic (exact) mass is 550 g/mol. The van der Waals surface area contributed by atoms with Gasteiger partial charge in [0, 0.05) is 16.3 Å². The fourth-order valence-corrected chi connectivity index (χ4v) is 4.78. The van der Waals surface area contributed by atoms with Gasteiger partial charge in [-0.3, -0.25) is 19.3 Å². The minimum absolute atomic E-state index is 0.218. The maximum Gasteiger partial charge on any atom is 0.294 e. The van der Waals surface area contributed by atoms with Gasteiger partial charge in [-0.2, -0.15) is 0 Å². The minimum Gasteiger partial charge on any atom is -0.493 e. The van der Waals surface area contributed by atoms with E-state index in [1.165, 1.54) is 7.11 Å². The Kier molecular flexibility index (Phi) is 8.76. The summed E-state index contributed by atoms with van der Waals surface area (Å²) in [6.45, 7) is 4.06. The molecule has 0 aromatic heterocycles. The van der Waals surface area contributed by atoms with Crippen LogP contribution >= 0.6 is 23.4 Å². The summed E-state index contributed by atoms with van der Waals surface area (Å²) in [7, 11) is 1.52. The van der Waals surface area contributed by atoms with Crippen LogP contribution in [0.5, 0.6) is 11.5 Å². The molecule has 3 amide bonds. The van der Waals surface area contributed by atoms with Crippen molar-refractivity contribution in [3.63, 3.8) is 0 Å². The van der Waals surface area contributed by atoms with Gasteiger partial charge in [-0.25, -0.2) is 0 Å². The van der Waals surface area contributed by atoms with Crippen LogP contribution in [0.3, 0.4) is 0 Å². The number of imide groups is 1. The molecule has 4 rings (SSSR count). The van der Waals surface area contributed by atoms with Crippen LogP contribution in [0.2, 0.25) is 5.02 Å². The number of rotatable bonds is 9. The molecule has 0 unspecified atom stereocenters. The second-order valence-electron chi connectivity index (χ2n) is 8.88. The first-order valence-corrected chi connectivity index (χ1v) is 13.1. The largest absolute Gasteiger partial charge is 0.493 e. The first-order chi connectivity index (χ1) is 18.2. The predicted octanol–water partition coefficient (Wildman–Crippen LogP) is 6.73. The van der Waals surface area contributed by atoms with E-state index in [9.17, 15) is 14.4 Å². The summed E-state index contributed by atoms with van der Waals surface area (Å²) in [6, 6.07) is 20.1. The zero-order valence-electron chi connectivity index (χ0n) is 21.2. The van der Waals surface area contributed by atoms with Gasteiger partial charge in [-0.05, 0) is 65.2 Å². The first-order valence-electron chi connectivity index (χ1n) is 11.9. The Bertz CT molecular complexity index is 1390. The number of hydrogen-bond acceptors (Lipinski definition) is 6. The molecular weight excluding hydrogens is 524 g/mol. The van der Waals surface area contributed by atoms with Crippen molar-refractivity contribution < 1.29 is 23.9 Å². The normalized spacial score (nSPS) is 14.3. The molecule has 1 N–H and O–H groups in total. The van der Waals surface area contributed by atoms with Crippen molar-refractivity contribution in [1.29, 1.82) is 0 Å². The van der Waals surface area contributed by atoms with E-state index in [0.29, 0.717) is 33.7 Å². The van der Waals surface area contributed by atoms with E-state index in [1.807, 2.05) is 30.3 Å². The van der Waals surface area contributed by atoms with Crippen molar-refractivity contribution >= 4 is 52.2 Å². The molecule has 1 saturated heterocycles. The van der Waals surface area contributed by atoms with Gasteiger partial charge < -0.3 is 14.8 Å². The number of nitrogens with one attached hydrogen (secondary N) is 1. The lowest BCUT2D eigenvalue weighted by atomic mass is 10.0. The molecule has 196 valence electrons. The summed E-state index contributed by atoms with van der Waals surface area (Å²) in [5, 5.41) is 2.84. The molecule has 1 aliphatic rings. The first kappa shape index (κ1) is 27.3. The fourth-order valence-electron chi connectivity index (χ4n) is 3.75. The minimum atomic E-state index is -0.525. The molecule has 3 aromatic rings. The number of benzene rings is 3. The molecule has 0 radical (unpaired) electrons. The molecule has 9 heteroatoms. The second kappa shape index (κ2) is 12.2. The molecule has 0 spiro atoms. The molecule has 1 heterocycles. The number of thioether (sulfide) groups is 1. The molecule has 1 aliphatic heterocycles. The highest BCUT2D eigenvalue weighted by molar-refractivity contribution is 8.18. The van der Waals surface area contributed by atoms with Gasteiger partial charge in [-0.1, -0.05) is 61.8 Å². The summed E-state index contributed by atoms with van der Waals surface area (Å²) in [5.41, 5.74) is 3.24. The third kappa shape index (κ3) is 6.57. The molecule has 38 heavy (non-hydrogen) atoms. The van der Waals surface area contributed by atoms with Gasteiger partial charge in [0.1, 0.15) is 13.2 Å². The van der Waals surface area contributed by atoms with E-state index in [2.05, 4.69) is 19.2 Å². The lowest BCUT2D eigenvalue weighted by Gasteiger charge is -2.13. The zero-order chi connectivity index (χ0) is 27.2. The molecule has 0 bridgehead atoms. The molecule has 0 atom stereocenters. The van der Waals surface area contributed by atoms with E-state index in [0.717, 1.165) is 27.8 Å². The van der Waals surface area contributed by atoms with Gasteiger partial charge in [0.05, 0.1) is 12.0 Å². The number of nitrogens with zero attached hydrogens (tertiary/aromatic N) is 1. The van der Waals surface area contributed by atoms with Crippen LogP contribution in [0.15, 0.2) is 71.6 Å². The number of carbonyl (C=O) groups excluding carboxylic acids is 3. The lowest BCUT2D eigenvalue weighted by Crippen LogP contribution is -2.36. The van der Waals surface area contributed by atoms with Crippen LogP contribution in [0.25, 0.3) is 6.08 Å². The molecule has 0 aliphatic carbocycles. The lowest BCUT2D eigenvalue weighted by molar-refractivity contribution is -0.127. The summed E-state index contributed by atoms with van der Waals surface area (Å²) in [4.78, 5) is 39.1. The maximum atomic E-state index is 12.9. The molecule has 1 fully saturated rings. The van der Waals surface area contributed by atoms with Gasteiger partial charge >= 0.3 is 0 Å². The van der Waals surface area contributed by atoms with Gasteiger partial charge in [0.25, 0.3) is 11.1 Å². The van der Waals surface area contributed by atoms with Crippen LogP contribution in [-0.2, 0) is 16.2 Å². The Hall–Kier alpha value is -3.75. The Morgan fingerprint density at radius 3 is 2.47 bits per heavy atom. The predicted molar refractivity (Wildman–Crippen MR) is 151 cm³/mol. The van der Waals surface area contributed by atoms with Crippen LogP contribution in [0.4, 0.5) is 10.5 Å². The molecule has 0 saturated carbocycles. The van der Waals surface area contributed by atoms with Crippen LogP contribution in [0.1, 0.15) is 36.5 Å². The van der Waals surface area contributed by atoms with Crippen LogP contribution < -0.4 is 14.8 Å². The summed E-state index contributed by atoms with van der Waals surface area (Å²) in [5.74, 6) is 0.374. The van der Waals surface area contributed by atoms with Crippen LogP contribution in [-0.4, -0.2) is 35.6 Å². The Morgan fingerprint density at radius 1 is 1.05 bits per heavy atom. The Balaban J connectivity index is 1.41. The van der Waals surface area contributed by atoms with Crippen molar-refractivity contribution in [3.05, 3.63) is 93.3 Å². The highest BCUT2D eigenvalue weighted by Crippen LogP contribution is 2.35. The number of amides is 3. The molecule has 7 nitrogen and oxygen atoms in total. The quantitative estimate of drug-likeness (QED) is 0.297. The highest BCUT2D eigenvalue weighted by Gasteiger charge is 2.36. The number of halogens is 1. The van der Waals surface area contributed by atoms with Crippen LogP contribution in [0, 0.1) is 0 Å². The van der Waals surface area contributed by atoms with E-state index in [1.54, 1.807) is 42.5 Å². The average Bonchev–Trinajstić information content (AvgIpc) is 3.16. The smallest absolute Gasteiger partial charge is 0.294 e. The third-order valence-corrected chi connectivity index (χ3v) is 7.14. The van der Waals surface area contributed by atoms with E-state index in [4.69, 9.17) is 21.1 Å². The molecule has 3 aromatic carbocycles. The number of ether oxygens (including phenoxy) is 2. The fraction of sp³-hybridized carbons (Fsp3) is 0.207. The standard InChI is InChI=1S/C29H27ClN2O5S/c1-18(2)20-9-11-22(12-10-20)31-27(33)16-32-28(34)26(38-29(32)35)15-19-8-13-24(25(14-19)36-3)37-17-21-6-4-5-7-23(21)30/h4-15,18H,16-17H2,1-3H3,(H,31,33)/b26-15+. The summed E-state index contributed by atoms with van der Waals surface area (Å²) < 4.78 is 11.3. The topological polar surface area (TPSA) is 84.9 Å². The average molecular weight is 551 g/mol. The number of anilines is 1. The summed E-state index contributed by atoms with van der Waals surface area (Å²) >= 11 is 6.99. The maximum absolute atomic E-state index is 12.9. The Morgan fingerprint density at radius 2 is 1.79 bits per heavy atom. The SMILES string of the molecule is COc1cc(/C=C2/SC(=O)N(CC(=O)Nc3ccc(C(C)C)cc3)C2=O)ccc1OCc1ccccc1Cl. The van der Waals surface area contributed by atoms with E-state index >= 15 is 0 Å². The van der Waals surface area contributed by atoms with E-state index < -0.39 is 17.1 Å². The zero-order valence-corrected chi connectivity index (χ0v) is 22.8. The van der Waals surface area contributed by atoms with Crippen molar-refractivity contribution in [3.8, 4) is 11.5 Å². The van der Waals surface area contributed by atoms with E-state index in [-0.39, 0.29) is 18.1 Å². The second-order valence-corrected chi connectivity index (χ2v) is 10.3. The number of carbonyl (C=O) groups is 3. The van der Waals surface area contributed by atoms with Gasteiger partial charge in [-0.15, -0.1) is 0 Å². The summed E-state index contributed by atoms with van der Waals surface area (Å²) in [6.07, 6.45) is 1.59. The molecular formula is C29H27ClN2O5S.